The Morgan fingerprint density at radius 3 is 2.71 bits per heavy atom. The highest BCUT2D eigenvalue weighted by Crippen LogP contribution is 2.44. The lowest BCUT2D eigenvalue weighted by molar-refractivity contribution is -0.137. The Labute approximate surface area is 174 Å². The topological polar surface area (TPSA) is 56.3 Å². The Morgan fingerprint density at radius 1 is 1.32 bits per heavy atom. The molecule has 4 nitrogen and oxygen atoms in total. The van der Waals surface area contributed by atoms with Gasteiger partial charge in [0.1, 0.15) is 6.10 Å². The normalized spacial score (nSPS) is 23.6. The summed E-state index contributed by atoms with van der Waals surface area (Å²) in [6.07, 6.45) is -3.63. The number of rotatable bonds is 3. The molecule has 2 aromatic rings. The van der Waals surface area contributed by atoms with E-state index >= 15 is 0 Å². The molecule has 0 saturated carbocycles. The first-order valence-corrected chi connectivity index (χ1v) is 10.9. The summed E-state index contributed by atoms with van der Waals surface area (Å²) in [4.78, 5) is 3.84. The molecule has 2 atom stereocenters. The lowest BCUT2D eigenvalue weighted by atomic mass is 9.94. The molecule has 1 fully saturated rings. The van der Waals surface area contributed by atoms with Gasteiger partial charge in [-0.1, -0.05) is 17.7 Å². The van der Waals surface area contributed by atoms with E-state index in [-0.39, 0.29) is 24.3 Å². The Hall–Kier alpha value is -1.16. The molecule has 0 N–H and O–H groups in total. The van der Waals surface area contributed by atoms with Crippen molar-refractivity contribution in [3.63, 3.8) is 0 Å². The van der Waals surface area contributed by atoms with Crippen molar-refractivity contribution in [2.24, 2.45) is 0 Å². The van der Waals surface area contributed by atoms with Crippen molar-refractivity contribution in [1.82, 2.24) is 4.98 Å². The monoisotopic (exact) mass is 497 g/mol. The predicted molar refractivity (Wildman–Crippen MR) is 102 cm³/mol. The molecular weight excluding hydrogens is 483 g/mol. The quantitative estimate of drug-likeness (QED) is 0.553. The first-order valence-electron chi connectivity index (χ1n) is 8.29. The number of benzene rings is 1. The fourth-order valence-corrected chi connectivity index (χ4v) is 5.56. The second-order valence-corrected chi connectivity index (χ2v) is 10.5. The van der Waals surface area contributed by atoms with Crippen LogP contribution in [0.15, 0.2) is 45.9 Å². The van der Waals surface area contributed by atoms with Gasteiger partial charge in [-0.15, -0.1) is 0 Å². The van der Waals surface area contributed by atoms with E-state index in [0.29, 0.717) is 21.3 Å². The van der Waals surface area contributed by atoms with Gasteiger partial charge in [0.15, 0.2) is 9.84 Å². The van der Waals surface area contributed by atoms with Crippen LogP contribution in [-0.2, 0) is 20.8 Å². The lowest BCUT2D eigenvalue weighted by Gasteiger charge is -2.37. The molecule has 152 valence electrons. The zero-order valence-electron chi connectivity index (χ0n) is 14.6. The molecule has 0 amide bonds. The van der Waals surface area contributed by atoms with Gasteiger partial charge in [0.2, 0.25) is 0 Å². The van der Waals surface area contributed by atoms with E-state index in [4.69, 9.17) is 16.3 Å². The standard InChI is InChI=1S/C18H16BrClF3NO3S/c1-17(28(25,26)12-4-2-3-11(9-12)18(21,22)23)6-8-27-14(10-17)16-15(20)13(19)5-7-24-16/h2-5,7,9,14H,6,8,10H2,1H3. The summed E-state index contributed by atoms with van der Waals surface area (Å²) in [6, 6.07) is 5.45. The van der Waals surface area contributed by atoms with Gasteiger partial charge >= 0.3 is 6.18 Å². The van der Waals surface area contributed by atoms with Gasteiger partial charge in [-0.25, -0.2) is 8.42 Å². The summed E-state index contributed by atoms with van der Waals surface area (Å²) >= 11 is 9.55. The lowest BCUT2D eigenvalue weighted by Crippen LogP contribution is -2.42. The highest BCUT2D eigenvalue weighted by Gasteiger charge is 2.46. The van der Waals surface area contributed by atoms with Crippen LogP contribution in [0, 0.1) is 0 Å². The molecule has 0 bridgehead atoms. The molecule has 1 aliphatic heterocycles. The third kappa shape index (κ3) is 3.94. The number of aromatic nitrogens is 1. The minimum Gasteiger partial charge on any atom is -0.372 e. The Kier molecular flexibility index (Phi) is 5.84. The average Bonchev–Trinajstić information content (AvgIpc) is 2.63. The number of sulfone groups is 1. The fraction of sp³-hybridized carbons (Fsp3) is 0.389. The fourth-order valence-electron chi connectivity index (χ4n) is 3.17. The molecule has 1 saturated heterocycles. The van der Waals surface area contributed by atoms with E-state index in [1.165, 1.54) is 19.2 Å². The average molecular weight is 499 g/mol. The van der Waals surface area contributed by atoms with E-state index in [0.717, 1.165) is 12.1 Å². The molecule has 2 heterocycles. The maximum absolute atomic E-state index is 13.2. The summed E-state index contributed by atoms with van der Waals surface area (Å²) in [5.41, 5.74) is -0.612. The maximum atomic E-state index is 13.2. The third-order valence-electron chi connectivity index (χ3n) is 4.86. The van der Waals surface area contributed by atoms with Gasteiger partial charge < -0.3 is 4.74 Å². The van der Waals surface area contributed by atoms with Gasteiger partial charge in [-0.2, -0.15) is 13.2 Å². The zero-order valence-corrected chi connectivity index (χ0v) is 17.8. The molecule has 10 heteroatoms. The number of alkyl halides is 3. The first kappa shape index (κ1) is 21.5. The van der Waals surface area contributed by atoms with Crippen molar-refractivity contribution in [3.05, 3.63) is 57.3 Å². The van der Waals surface area contributed by atoms with Gasteiger partial charge in [0.25, 0.3) is 0 Å². The van der Waals surface area contributed by atoms with E-state index in [9.17, 15) is 21.6 Å². The van der Waals surface area contributed by atoms with Crippen LogP contribution in [0.5, 0.6) is 0 Å². The van der Waals surface area contributed by atoms with Crippen LogP contribution < -0.4 is 0 Å². The van der Waals surface area contributed by atoms with Crippen LogP contribution in [0.25, 0.3) is 0 Å². The Bertz CT molecular complexity index is 1000. The second-order valence-electron chi connectivity index (χ2n) is 6.78. The molecule has 0 radical (unpaired) electrons. The zero-order chi connectivity index (χ0) is 20.7. The molecule has 0 aliphatic carbocycles. The van der Waals surface area contributed by atoms with E-state index < -0.39 is 32.4 Å². The van der Waals surface area contributed by atoms with Gasteiger partial charge in [0, 0.05) is 17.3 Å². The van der Waals surface area contributed by atoms with Crippen LogP contribution in [0.2, 0.25) is 5.02 Å². The molecular formula is C18H16BrClF3NO3S. The second kappa shape index (κ2) is 7.59. The number of halogens is 5. The minimum atomic E-state index is -4.63. The van der Waals surface area contributed by atoms with Crippen molar-refractivity contribution < 1.29 is 26.3 Å². The van der Waals surface area contributed by atoms with E-state index in [1.54, 1.807) is 6.07 Å². The summed E-state index contributed by atoms with van der Waals surface area (Å²) in [5.74, 6) is 0. The summed E-state index contributed by atoms with van der Waals surface area (Å²) in [6.45, 7) is 1.63. The van der Waals surface area contributed by atoms with Crippen molar-refractivity contribution in [2.75, 3.05) is 6.61 Å². The molecule has 0 spiro atoms. The van der Waals surface area contributed by atoms with Crippen molar-refractivity contribution >= 4 is 37.4 Å². The molecule has 1 aliphatic rings. The largest absolute Gasteiger partial charge is 0.416 e. The summed E-state index contributed by atoms with van der Waals surface area (Å²) < 4.78 is 70.5. The minimum absolute atomic E-state index is 0.0226. The summed E-state index contributed by atoms with van der Waals surface area (Å²) in [7, 11) is -4.07. The van der Waals surface area contributed by atoms with Crippen molar-refractivity contribution in [2.45, 2.75) is 41.7 Å². The molecule has 2 unspecified atom stereocenters. The van der Waals surface area contributed by atoms with Crippen molar-refractivity contribution in [3.8, 4) is 0 Å². The molecule has 1 aromatic heterocycles. The third-order valence-corrected chi connectivity index (χ3v) is 8.69. The van der Waals surface area contributed by atoms with Crippen LogP contribution in [-0.4, -0.2) is 24.8 Å². The van der Waals surface area contributed by atoms with Crippen LogP contribution in [0.1, 0.15) is 37.1 Å². The van der Waals surface area contributed by atoms with Gasteiger partial charge in [-0.05, 0) is 60.0 Å². The highest BCUT2D eigenvalue weighted by atomic mass is 79.9. The predicted octanol–water partition coefficient (Wildman–Crippen LogP) is 5.60. The first-order chi connectivity index (χ1) is 13.0. The molecule has 3 rings (SSSR count). The van der Waals surface area contributed by atoms with Crippen molar-refractivity contribution in [1.29, 1.82) is 0 Å². The maximum Gasteiger partial charge on any atom is 0.416 e. The molecule has 1 aromatic carbocycles. The summed E-state index contributed by atoms with van der Waals surface area (Å²) in [5, 5.41) is 0.313. The number of hydrogen-bond acceptors (Lipinski definition) is 4. The number of ether oxygens (including phenoxy) is 1. The Morgan fingerprint density at radius 2 is 2.04 bits per heavy atom. The van der Waals surface area contributed by atoms with Gasteiger partial charge in [-0.3, -0.25) is 4.98 Å². The van der Waals surface area contributed by atoms with Crippen LogP contribution in [0.3, 0.4) is 0 Å². The van der Waals surface area contributed by atoms with Crippen LogP contribution >= 0.6 is 27.5 Å². The van der Waals surface area contributed by atoms with Crippen LogP contribution in [0.4, 0.5) is 13.2 Å². The van der Waals surface area contributed by atoms with E-state index in [1.807, 2.05) is 0 Å². The van der Waals surface area contributed by atoms with Gasteiger partial charge in [0.05, 0.1) is 25.9 Å². The van der Waals surface area contributed by atoms with E-state index in [2.05, 4.69) is 20.9 Å². The molecule has 28 heavy (non-hydrogen) atoms. The number of hydrogen-bond donors (Lipinski definition) is 0. The highest BCUT2D eigenvalue weighted by molar-refractivity contribution is 9.10. The smallest absolute Gasteiger partial charge is 0.372 e. The SMILES string of the molecule is CC1(S(=O)(=O)c2cccc(C(F)(F)F)c2)CCOC(c2nccc(Br)c2Cl)C1. The number of pyridine rings is 1. The Balaban J connectivity index is 1.98. The number of nitrogens with zero attached hydrogens (tertiary/aromatic N) is 1.